The molecule has 0 saturated heterocycles. The summed E-state index contributed by atoms with van der Waals surface area (Å²) in [6.07, 6.45) is 3.42. The van der Waals surface area contributed by atoms with Crippen LogP contribution in [0, 0.1) is 18.9 Å². The van der Waals surface area contributed by atoms with Gasteiger partial charge in [0.1, 0.15) is 5.69 Å². The average molecular weight is 330 g/mol. The molecule has 0 fully saturated rings. The number of nitrogens with one attached hydrogen (secondary N) is 2. The van der Waals surface area contributed by atoms with Crippen LogP contribution in [-0.2, 0) is 31.4 Å². The largest absolute Gasteiger partial charge is 2.00 e. The van der Waals surface area contributed by atoms with Crippen LogP contribution in [0.2, 0.25) is 0 Å². The molecular weight excluding hydrogens is 309 g/mol. The van der Waals surface area contributed by atoms with Gasteiger partial charge in [-0.05, 0) is 24.7 Å². The van der Waals surface area contributed by atoms with Gasteiger partial charge in [0.05, 0.1) is 5.69 Å². The molecule has 22 heavy (non-hydrogen) atoms. The standard InChI is InChI=1S/C17H18N3.CH3.V/c1-17(2)8-7-12-15(10-17)19-20-16(12)14-9-11-5-3-4-6-13(11)18-14;;/h3,5-6,9,18H,7-8,10H2,1-2H3,(H,19,20);1H3;/q2*-1;+2. The minimum absolute atomic E-state index is 0. The summed E-state index contributed by atoms with van der Waals surface area (Å²) >= 11 is 0. The minimum Gasteiger partial charge on any atom is -0.406 e. The quantitative estimate of drug-likeness (QED) is 0.641. The van der Waals surface area contributed by atoms with Crippen LogP contribution in [0.25, 0.3) is 22.3 Å². The normalized spacial score (nSPS) is 15.7. The fraction of sp³-hybridized carbons (Fsp3) is 0.333. The number of aromatic nitrogens is 3. The molecule has 1 aromatic carbocycles. The van der Waals surface area contributed by atoms with Crippen LogP contribution in [0.4, 0.5) is 0 Å². The van der Waals surface area contributed by atoms with Gasteiger partial charge in [-0.3, -0.25) is 5.10 Å². The molecule has 0 aliphatic heterocycles. The van der Waals surface area contributed by atoms with Crippen molar-refractivity contribution in [2.24, 2.45) is 5.41 Å². The van der Waals surface area contributed by atoms with Gasteiger partial charge in [0.15, 0.2) is 0 Å². The van der Waals surface area contributed by atoms with Crippen LogP contribution in [0.5, 0.6) is 0 Å². The number of rotatable bonds is 1. The first-order valence-corrected chi connectivity index (χ1v) is 7.18. The summed E-state index contributed by atoms with van der Waals surface area (Å²) in [5.41, 5.74) is 6.40. The summed E-state index contributed by atoms with van der Waals surface area (Å²) in [6.45, 7) is 4.66. The summed E-state index contributed by atoms with van der Waals surface area (Å²) in [4.78, 5) is 3.46. The Balaban J connectivity index is 0.000000882. The first-order chi connectivity index (χ1) is 9.62. The number of aromatic amines is 2. The summed E-state index contributed by atoms with van der Waals surface area (Å²) in [7, 11) is 0. The third-order valence-electron chi connectivity index (χ3n) is 4.38. The molecule has 4 heteroatoms. The molecule has 3 aromatic rings. The Kier molecular flexibility index (Phi) is 4.60. The Morgan fingerprint density at radius 3 is 2.91 bits per heavy atom. The monoisotopic (exact) mass is 330 g/mol. The summed E-state index contributed by atoms with van der Waals surface area (Å²) in [5.74, 6) is 0. The molecule has 1 aliphatic carbocycles. The van der Waals surface area contributed by atoms with E-state index in [0.29, 0.717) is 5.41 Å². The first kappa shape index (κ1) is 16.9. The molecule has 0 unspecified atom stereocenters. The molecule has 0 atom stereocenters. The number of H-pyrrole nitrogens is 2. The number of hydrogen-bond acceptors (Lipinski definition) is 1. The number of nitrogens with zero attached hydrogens (tertiary/aromatic N) is 1. The van der Waals surface area contributed by atoms with Crippen molar-refractivity contribution in [1.82, 2.24) is 15.2 Å². The maximum Gasteiger partial charge on any atom is 2.00 e. The predicted octanol–water partition coefficient (Wildman–Crippen LogP) is 4.32. The molecule has 3 nitrogen and oxygen atoms in total. The fourth-order valence-electron chi connectivity index (χ4n) is 3.21. The van der Waals surface area contributed by atoms with Crippen LogP contribution in [0.15, 0.2) is 24.3 Å². The van der Waals surface area contributed by atoms with Crippen molar-refractivity contribution in [3.63, 3.8) is 0 Å². The zero-order valence-electron chi connectivity index (χ0n) is 13.3. The SMILES string of the molecule is CC1(C)CCc2c(-c3cc4cc[c-]cc4[nH]3)n[nH]c2C1.[CH3-].[V+2]. The van der Waals surface area contributed by atoms with Crippen molar-refractivity contribution < 1.29 is 18.6 Å². The molecule has 0 amide bonds. The van der Waals surface area contributed by atoms with Gasteiger partial charge in [-0.2, -0.15) is 29.4 Å². The number of hydrogen-bond donors (Lipinski definition) is 2. The molecule has 0 spiro atoms. The van der Waals surface area contributed by atoms with Crippen molar-refractivity contribution in [2.45, 2.75) is 33.1 Å². The zero-order valence-corrected chi connectivity index (χ0v) is 14.7. The second-order valence-corrected chi connectivity index (χ2v) is 6.57. The van der Waals surface area contributed by atoms with E-state index in [4.69, 9.17) is 0 Å². The summed E-state index contributed by atoms with van der Waals surface area (Å²) < 4.78 is 0. The van der Waals surface area contributed by atoms with Crippen LogP contribution in [0.3, 0.4) is 0 Å². The van der Waals surface area contributed by atoms with Crippen molar-refractivity contribution in [1.29, 1.82) is 0 Å². The molecule has 1 aliphatic rings. The molecule has 113 valence electrons. The molecule has 0 bridgehead atoms. The first-order valence-electron chi connectivity index (χ1n) is 7.18. The van der Waals surface area contributed by atoms with Crippen molar-refractivity contribution in [3.8, 4) is 11.4 Å². The van der Waals surface area contributed by atoms with Crippen molar-refractivity contribution >= 4 is 10.9 Å². The molecule has 2 aromatic heterocycles. The summed E-state index contributed by atoms with van der Waals surface area (Å²) in [5, 5.41) is 9.02. The van der Waals surface area contributed by atoms with E-state index in [1.807, 2.05) is 12.1 Å². The Morgan fingerprint density at radius 1 is 1.32 bits per heavy atom. The maximum absolute atomic E-state index is 4.56. The van der Waals surface area contributed by atoms with Crippen molar-refractivity contribution in [3.05, 3.63) is 49.0 Å². The van der Waals surface area contributed by atoms with E-state index >= 15 is 0 Å². The Labute approximate surface area is 143 Å². The van der Waals surface area contributed by atoms with Crippen LogP contribution in [0.1, 0.15) is 31.5 Å². The van der Waals surface area contributed by atoms with Crippen LogP contribution in [-0.4, -0.2) is 15.2 Å². The predicted molar refractivity (Wildman–Crippen MR) is 86.9 cm³/mol. The Morgan fingerprint density at radius 2 is 2.14 bits per heavy atom. The Hall–Kier alpha value is -1.45. The van der Waals surface area contributed by atoms with E-state index in [-0.39, 0.29) is 26.0 Å². The van der Waals surface area contributed by atoms with Gasteiger partial charge in [-0.25, -0.2) is 0 Å². The van der Waals surface area contributed by atoms with E-state index in [0.717, 1.165) is 29.7 Å². The molecule has 4 rings (SSSR count). The van der Waals surface area contributed by atoms with E-state index in [1.54, 1.807) is 0 Å². The molecule has 2 heterocycles. The van der Waals surface area contributed by atoms with Crippen molar-refractivity contribution in [2.75, 3.05) is 0 Å². The Bertz CT molecular complexity index is 750. The van der Waals surface area contributed by atoms with E-state index < -0.39 is 0 Å². The van der Waals surface area contributed by atoms with E-state index in [2.05, 4.69) is 47.2 Å². The van der Waals surface area contributed by atoms with Gasteiger partial charge in [-0.1, -0.05) is 25.4 Å². The van der Waals surface area contributed by atoms with Gasteiger partial charge < -0.3 is 12.4 Å². The summed E-state index contributed by atoms with van der Waals surface area (Å²) in [6, 6.07) is 11.3. The second kappa shape index (κ2) is 5.98. The van der Waals surface area contributed by atoms with Crippen LogP contribution < -0.4 is 0 Å². The fourth-order valence-corrected chi connectivity index (χ4v) is 3.21. The van der Waals surface area contributed by atoms with Crippen LogP contribution >= 0.6 is 0 Å². The van der Waals surface area contributed by atoms with Gasteiger partial charge >= 0.3 is 18.6 Å². The zero-order chi connectivity index (χ0) is 13.7. The smallest absolute Gasteiger partial charge is 0.406 e. The molecule has 0 saturated carbocycles. The van der Waals surface area contributed by atoms with Gasteiger partial charge in [0.25, 0.3) is 0 Å². The molecular formula is C18H21N3V. The third kappa shape index (κ3) is 2.76. The van der Waals surface area contributed by atoms with E-state index in [1.165, 1.54) is 23.1 Å². The minimum atomic E-state index is 0. The number of benzene rings is 1. The van der Waals surface area contributed by atoms with Gasteiger partial charge in [0.2, 0.25) is 0 Å². The number of fused-ring (bicyclic) bond motifs is 2. The van der Waals surface area contributed by atoms with Gasteiger partial charge in [-0.15, -0.1) is 5.39 Å². The average Bonchev–Trinajstić information content (AvgIpc) is 2.99. The second-order valence-electron chi connectivity index (χ2n) is 6.57. The van der Waals surface area contributed by atoms with E-state index in [9.17, 15) is 0 Å². The molecule has 1 radical (unpaired) electrons. The molecule has 2 N–H and O–H groups in total. The third-order valence-corrected chi connectivity index (χ3v) is 4.38. The van der Waals surface area contributed by atoms with Gasteiger partial charge in [0, 0.05) is 11.3 Å². The maximum atomic E-state index is 4.56. The topological polar surface area (TPSA) is 44.5 Å².